The third kappa shape index (κ3) is 2.39. The van der Waals surface area contributed by atoms with Gasteiger partial charge < -0.3 is 14.6 Å². The first-order valence-electron chi connectivity index (χ1n) is 5.34. The topological polar surface area (TPSA) is 38.7 Å². The lowest BCUT2D eigenvalue weighted by Gasteiger charge is -2.23. The Hall–Kier alpha value is -0.580. The van der Waals surface area contributed by atoms with Crippen LogP contribution >= 0.6 is 15.9 Å². The number of aliphatic hydroxyl groups is 1. The maximum Gasteiger partial charge on any atom is 0.188 e. The van der Waals surface area contributed by atoms with Gasteiger partial charge in [0.2, 0.25) is 0 Å². The molecule has 0 amide bonds. The van der Waals surface area contributed by atoms with E-state index in [-0.39, 0.29) is 12.9 Å². The van der Waals surface area contributed by atoms with Crippen LogP contribution in [-0.2, 0) is 11.2 Å². The molecular weight excluding hydrogens is 272 g/mol. The van der Waals surface area contributed by atoms with Crippen molar-refractivity contribution in [3.8, 4) is 5.75 Å². The van der Waals surface area contributed by atoms with Crippen molar-refractivity contribution in [2.24, 2.45) is 0 Å². The van der Waals surface area contributed by atoms with E-state index in [4.69, 9.17) is 9.47 Å². The summed E-state index contributed by atoms with van der Waals surface area (Å²) in [5, 5.41) is 9.91. The van der Waals surface area contributed by atoms with E-state index in [1.165, 1.54) is 5.56 Å². The average Bonchev–Trinajstić information content (AvgIpc) is 2.26. The molecule has 0 saturated carbocycles. The standard InChI is InChI=1S/C12H15BrO3/c1-15-7-16-9-5-8-3-2-4-11(14)12(8)10(13)6-9/h5-6,11,14H,2-4,7H2,1H3. The number of halogens is 1. The maximum atomic E-state index is 9.91. The zero-order valence-corrected chi connectivity index (χ0v) is 10.8. The summed E-state index contributed by atoms with van der Waals surface area (Å²) in [6, 6.07) is 3.87. The monoisotopic (exact) mass is 286 g/mol. The summed E-state index contributed by atoms with van der Waals surface area (Å²) in [5.74, 6) is 0.779. The first kappa shape index (κ1) is 11.9. The summed E-state index contributed by atoms with van der Waals surface area (Å²) in [7, 11) is 1.59. The van der Waals surface area contributed by atoms with Gasteiger partial charge in [0.25, 0.3) is 0 Å². The first-order chi connectivity index (χ1) is 7.72. The van der Waals surface area contributed by atoms with Crippen LogP contribution in [0.25, 0.3) is 0 Å². The number of hydrogen-bond donors (Lipinski definition) is 1. The number of benzene rings is 1. The summed E-state index contributed by atoms with van der Waals surface area (Å²) in [6.07, 6.45) is 2.50. The second kappa shape index (κ2) is 5.17. The Morgan fingerprint density at radius 3 is 3.06 bits per heavy atom. The van der Waals surface area contributed by atoms with Crippen molar-refractivity contribution in [2.75, 3.05) is 13.9 Å². The lowest BCUT2D eigenvalue weighted by molar-refractivity contribution is 0.0509. The maximum absolute atomic E-state index is 9.91. The fourth-order valence-electron chi connectivity index (χ4n) is 2.07. The molecule has 1 aliphatic carbocycles. The molecule has 0 heterocycles. The molecule has 88 valence electrons. The van der Waals surface area contributed by atoms with E-state index in [0.717, 1.165) is 35.0 Å². The molecule has 0 aromatic heterocycles. The van der Waals surface area contributed by atoms with Gasteiger partial charge in [0.1, 0.15) is 5.75 Å². The van der Waals surface area contributed by atoms with Crippen molar-refractivity contribution in [3.05, 3.63) is 27.7 Å². The smallest absolute Gasteiger partial charge is 0.188 e. The minimum absolute atomic E-state index is 0.244. The van der Waals surface area contributed by atoms with E-state index in [1.807, 2.05) is 12.1 Å². The molecule has 0 radical (unpaired) electrons. The van der Waals surface area contributed by atoms with E-state index in [1.54, 1.807) is 7.11 Å². The Bertz CT molecular complexity index is 379. The van der Waals surface area contributed by atoms with Gasteiger partial charge in [-0.2, -0.15) is 0 Å². The van der Waals surface area contributed by atoms with E-state index >= 15 is 0 Å². The zero-order chi connectivity index (χ0) is 11.5. The highest BCUT2D eigenvalue weighted by Crippen LogP contribution is 2.37. The summed E-state index contributed by atoms with van der Waals surface area (Å²) < 4.78 is 11.2. The first-order valence-corrected chi connectivity index (χ1v) is 6.14. The molecular formula is C12H15BrO3. The molecule has 3 nitrogen and oxygen atoms in total. The molecule has 1 aromatic rings. The third-order valence-electron chi connectivity index (χ3n) is 2.79. The fraction of sp³-hybridized carbons (Fsp3) is 0.500. The van der Waals surface area contributed by atoms with Gasteiger partial charge in [-0.05, 0) is 42.5 Å². The highest BCUT2D eigenvalue weighted by atomic mass is 79.9. The van der Waals surface area contributed by atoms with Crippen molar-refractivity contribution in [1.82, 2.24) is 0 Å². The fourth-order valence-corrected chi connectivity index (χ4v) is 2.81. The molecule has 1 atom stereocenters. The van der Waals surface area contributed by atoms with Crippen molar-refractivity contribution in [3.63, 3.8) is 0 Å². The van der Waals surface area contributed by atoms with Crippen LogP contribution in [0.2, 0.25) is 0 Å². The molecule has 16 heavy (non-hydrogen) atoms. The van der Waals surface area contributed by atoms with Crippen LogP contribution < -0.4 is 4.74 Å². The second-order valence-electron chi connectivity index (χ2n) is 3.94. The number of aliphatic hydroxyl groups excluding tert-OH is 1. The van der Waals surface area contributed by atoms with Crippen LogP contribution in [0.1, 0.15) is 30.1 Å². The van der Waals surface area contributed by atoms with Gasteiger partial charge >= 0.3 is 0 Å². The quantitative estimate of drug-likeness (QED) is 0.869. The second-order valence-corrected chi connectivity index (χ2v) is 4.79. The Morgan fingerprint density at radius 2 is 2.31 bits per heavy atom. The van der Waals surface area contributed by atoms with Crippen LogP contribution in [0.4, 0.5) is 0 Å². The van der Waals surface area contributed by atoms with Crippen LogP contribution in [0.15, 0.2) is 16.6 Å². The number of fused-ring (bicyclic) bond motifs is 1. The van der Waals surface area contributed by atoms with Gasteiger partial charge in [0.15, 0.2) is 6.79 Å². The van der Waals surface area contributed by atoms with Crippen LogP contribution in [0.5, 0.6) is 5.75 Å². The Labute approximate surface area is 104 Å². The number of methoxy groups -OCH3 is 1. The molecule has 0 spiro atoms. The number of hydrogen-bond acceptors (Lipinski definition) is 3. The summed E-state index contributed by atoms with van der Waals surface area (Å²) in [6.45, 7) is 0.244. The van der Waals surface area contributed by atoms with Gasteiger partial charge in [-0.25, -0.2) is 0 Å². The molecule has 0 aliphatic heterocycles. The number of ether oxygens (including phenoxy) is 2. The molecule has 4 heteroatoms. The van der Waals surface area contributed by atoms with Crippen molar-refractivity contribution in [2.45, 2.75) is 25.4 Å². The van der Waals surface area contributed by atoms with E-state index in [2.05, 4.69) is 15.9 Å². The van der Waals surface area contributed by atoms with Crippen LogP contribution in [0.3, 0.4) is 0 Å². The van der Waals surface area contributed by atoms with Crippen LogP contribution in [0, 0.1) is 0 Å². The largest absolute Gasteiger partial charge is 0.468 e. The van der Waals surface area contributed by atoms with Gasteiger partial charge in [-0.3, -0.25) is 0 Å². The molecule has 0 fully saturated rings. The predicted octanol–water partition coefficient (Wildman–Crippen LogP) is 2.80. The SMILES string of the molecule is COCOc1cc(Br)c2c(c1)CCCC2O. The highest BCUT2D eigenvalue weighted by molar-refractivity contribution is 9.10. The molecule has 1 aromatic carbocycles. The lowest BCUT2D eigenvalue weighted by atomic mass is 9.89. The molecule has 1 aliphatic rings. The zero-order valence-electron chi connectivity index (χ0n) is 9.20. The Morgan fingerprint density at radius 1 is 1.50 bits per heavy atom. The van der Waals surface area contributed by atoms with Crippen molar-refractivity contribution in [1.29, 1.82) is 0 Å². The molecule has 1 N–H and O–H groups in total. The molecule has 1 unspecified atom stereocenters. The van der Waals surface area contributed by atoms with Crippen molar-refractivity contribution >= 4 is 15.9 Å². The minimum Gasteiger partial charge on any atom is -0.468 e. The highest BCUT2D eigenvalue weighted by Gasteiger charge is 2.21. The molecule has 0 bridgehead atoms. The van der Waals surface area contributed by atoms with Crippen molar-refractivity contribution < 1.29 is 14.6 Å². The lowest BCUT2D eigenvalue weighted by Crippen LogP contribution is -2.10. The summed E-state index contributed by atoms with van der Waals surface area (Å²) in [4.78, 5) is 0. The van der Waals surface area contributed by atoms with E-state index in [9.17, 15) is 5.11 Å². The number of aryl methyl sites for hydroxylation is 1. The van der Waals surface area contributed by atoms with Gasteiger partial charge in [-0.15, -0.1) is 0 Å². The minimum atomic E-state index is -0.352. The Balaban J connectivity index is 2.30. The predicted molar refractivity (Wildman–Crippen MR) is 64.5 cm³/mol. The normalized spacial score (nSPS) is 19.3. The Kier molecular flexibility index (Phi) is 3.84. The van der Waals surface area contributed by atoms with Crippen LogP contribution in [-0.4, -0.2) is 19.0 Å². The van der Waals surface area contributed by atoms with E-state index < -0.39 is 0 Å². The summed E-state index contributed by atoms with van der Waals surface area (Å²) >= 11 is 3.48. The number of rotatable bonds is 3. The van der Waals surface area contributed by atoms with Gasteiger partial charge in [0, 0.05) is 11.6 Å². The third-order valence-corrected chi connectivity index (χ3v) is 3.45. The average molecular weight is 287 g/mol. The molecule has 2 rings (SSSR count). The molecule has 0 saturated heterocycles. The van der Waals surface area contributed by atoms with Gasteiger partial charge in [-0.1, -0.05) is 15.9 Å². The van der Waals surface area contributed by atoms with E-state index in [0.29, 0.717) is 0 Å². The van der Waals surface area contributed by atoms with Gasteiger partial charge in [0.05, 0.1) is 6.10 Å². The summed E-state index contributed by atoms with van der Waals surface area (Å²) in [5.41, 5.74) is 2.18.